The second-order valence-corrected chi connectivity index (χ2v) is 12.4. The molecule has 0 saturated heterocycles. The molecule has 4 aliphatic carbocycles. The lowest BCUT2D eigenvalue weighted by Gasteiger charge is -2.58. The van der Waals surface area contributed by atoms with E-state index in [0.29, 0.717) is 28.4 Å². The number of hydrogen-bond acceptors (Lipinski definition) is 1. The Hall–Kier alpha value is -0.590. The third-order valence-corrected chi connectivity index (χ3v) is 10.8. The summed E-state index contributed by atoms with van der Waals surface area (Å²) in [6.45, 7) is 14.2. The van der Waals surface area contributed by atoms with Gasteiger partial charge in [-0.1, -0.05) is 53.2 Å². The number of carbonyl (C=O) groups is 1. The van der Waals surface area contributed by atoms with Crippen molar-refractivity contribution >= 4 is 5.78 Å². The molecule has 0 aromatic rings. The molecular formula is C28H46O. The molecule has 0 aromatic heterocycles. The van der Waals surface area contributed by atoms with Crippen molar-refractivity contribution < 1.29 is 4.79 Å². The number of fused-ring (bicyclic) bond motifs is 5. The van der Waals surface area contributed by atoms with E-state index in [9.17, 15) is 4.79 Å². The van der Waals surface area contributed by atoms with Crippen LogP contribution in [0, 0.1) is 52.3 Å². The molecule has 0 radical (unpaired) electrons. The quantitative estimate of drug-likeness (QED) is 0.431. The Morgan fingerprint density at radius 1 is 1.03 bits per heavy atom. The van der Waals surface area contributed by atoms with E-state index in [1.54, 1.807) is 0 Å². The first-order valence-electron chi connectivity index (χ1n) is 12.9. The fraction of sp³-hybridized carbons (Fsp3) is 0.893. The Labute approximate surface area is 180 Å². The molecule has 164 valence electrons. The minimum absolute atomic E-state index is 0.216. The molecule has 4 rings (SSSR count). The fourth-order valence-electron chi connectivity index (χ4n) is 8.75. The average Bonchev–Trinajstić information content (AvgIpc) is 3.04. The molecule has 3 saturated carbocycles. The van der Waals surface area contributed by atoms with Gasteiger partial charge in [0.1, 0.15) is 5.78 Å². The lowest BCUT2D eigenvalue weighted by molar-refractivity contribution is -0.125. The summed E-state index contributed by atoms with van der Waals surface area (Å²) in [5.74, 6) is 5.29. The van der Waals surface area contributed by atoms with Gasteiger partial charge in [0.2, 0.25) is 0 Å². The second-order valence-electron chi connectivity index (χ2n) is 12.4. The van der Waals surface area contributed by atoms with Crippen molar-refractivity contribution in [2.75, 3.05) is 0 Å². The third-order valence-electron chi connectivity index (χ3n) is 10.8. The van der Waals surface area contributed by atoms with Crippen LogP contribution in [0.3, 0.4) is 0 Å². The van der Waals surface area contributed by atoms with Crippen molar-refractivity contribution in [3.05, 3.63) is 11.6 Å². The van der Waals surface area contributed by atoms with Crippen LogP contribution in [0.15, 0.2) is 11.6 Å². The first-order valence-corrected chi connectivity index (χ1v) is 12.9. The van der Waals surface area contributed by atoms with Crippen LogP contribution in [0.2, 0.25) is 0 Å². The summed E-state index contributed by atoms with van der Waals surface area (Å²) in [5.41, 5.74) is 2.81. The molecule has 29 heavy (non-hydrogen) atoms. The summed E-state index contributed by atoms with van der Waals surface area (Å²) in [5, 5.41) is 0. The number of Topliss-reactive ketones (excluding diaryl/α,β-unsaturated/α-hetero) is 1. The van der Waals surface area contributed by atoms with Gasteiger partial charge in [-0.05, 0) is 104 Å². The summed E-state index contributed by atoms with van der Waals surface area (Å²) in [4.78, 5) is 12.8. The Kier molecular flexibility index (Phi) is 5.84. The molecule has 1 nitrogen and oxygen atoms in total. The van der Waals surface area contributed by atoms with Gasteiger partial charge in [-0.15, -0.1) is 0 Å². The van der Waals surface area contributed by atoms with Gasteiger partial charge in [0.25, 0.3) is 0 Å². The number of ketones is 1. The summed E-state index contributed by atoms with van der Waals surface area (Å²) in [7, 11) is 0. The number of allylic oxidation sites excluding steroid dienone is 2. The molecule has 0 N–H and O–H groups in total. The molecular weight excluding hydrogens is 352 g/mol. The van der Waals surface area contributed by atoms with E-state index in [2.05, 4.69) is 47.6 Å². The summed E-state index contributed by atoms with van der Waals surface area (Å²) >= 11 is 0. The van der Waals surface area contributed by atoms with Crippen LogP contribution in [0.4, 0.5) is 0 Å². The number of rotatable bonds is 5. The van der Waals surface area contributed by atoms with E-state index in [0.717, 1.165) is 30.1 Å². The Morgan fingerprint density at radius 2 is 1.79 bits per heavy atom. The van der Waals surface area contributed by atoms with Crippen LogP contribution >= 0.6 is 0 Å². The minimum atomic E-state index is 0.216. The highest BCUT2D eigenvalue weighted by molar-refractivity contribution is 5.81. The van der Waals surface area contributed by atoms with E-state index in [4.69, 9.17) is 0 Å². The molecule has 0 aliphatic heterocycles. The van der Waals surface area contributed by atoms with E-state index in [-0.39, 0.29) is 5.92 Å². The van der Waals surface area contributed by atoms with Crippen molar-refractivity contribution in [1.82, 2.24) is 0 Å². The summed E-state index contributed by atoms with van der Waals surface area (Å²) < 4.78 is 0. The molecule has 0 spiro atoms. The van der Waals surface area contributed by atoms with Gasteiger partial charge >= 0.3 is 0 Å². The molecule has 0 bridgehead atoms. The van der Waals surface area contributed by atoms with Crippen LogP contribution < -0.4 is 0 Å². The first kappa shape index (κ1) is 21.6. The molecule has 8 atom stereocenters. The lowest BCUT2D eigenvalue weighted by Crippen LogP contribution is -2.50. The van der Waals surface area contributed by atoms with Crippen molar-refractivity contribution in [3.63, 3.8) is 0 Å². The summed E-state index contributed by atoms with van der Waals surface area (Å²) in [6, 6.07) is 0. The molecule has 0 unspecified atom stereocenters. The first-order chi connectivity index (χ1) is 13.7. The summed E-state index contributed by atoms with van der Waals surface area (Å²) in [6.07, 6.45) is 16.0. The largest absolute Gasteiger partial charge is 0.299 e. The Bertz CT molecular complexity index is 659. The van der Waals surface area contributed by atoms with Gasteiger partial charge in [-0.2, -0.15) is 0 Å². The third kappa shape index (κ3) is 3.47. The highest BCUT2D eigenvalue weighted by atomic mass is 16.1. The van der Waals surface area contributed by atoms with Crippen molar-refractivity contribution in [2.24, 2.45) is 52.3 Å². The SMILES string of the molecule is CC(C)[C@H](C)C(=O)C[C@@H](C)[C@H]1CC[C@H]2[C@@H]3CCC4=CCCC[C@]4(C)[C@H]3CC[C@]12C. The maximum atomic E-state index is 12.8. The van der Waals surface area contributed by atoms with Crippen LogP contribution in [-0.4, -0.2) is 5.78 Å². The molecule has 4 aliphatic rings. The predicted octanol–water partition coefficient (Wildman–Crippen LogP) is 7.84. The monoisotopic (exact) mass is 398 g/mol. The highest BCUT2D eigenvalue weighted by Crippen LogP contribution is 2.67. The molecule has 0 amide bonds. The maximum Gasteiger partial charge on any atom is 0.136 e. The molecule has 0 aromatic carbocycles. The van der Waals surface area contributed by atoms with Crippen molar-refractivity contribution in [2.45, 2.75) is 106 Å². The van der Waals surface area contributed by atoms with E-state index < -0.39 is 0 Å². The second kappa shape index (κ2) is 7.83. The van der Waals surface area contributed by atoms with E-state index in [1.165, 1.54) is 57.8 Å². The highest BCUT2D eigenvalue weighted by Gasteiger charge is 2.59. The smallest absolute Gasteiger partial charge is 0.136 e. The fourth-order valence-corrected chi connectivity index (χ4v) is 8.75. The van der Waals surface area contributed by atoms with Crippen LogP contribution in [-0.2, 0) is 4.79 Å². The Balaban J connectivity index is 1.50. The van der Waals surface area contributed by atoms with Crippen LogP contribution in [0.1, 0.15) is 106 Å². The predicted molar refractivity (Wildman–Crippen MR) is 123 cm³/mol. The van der Waals surface area contributed by atoms with Gasteiger partial charge in [-0.3, -0.25) is 4.79 Å². The van der Waals surface area contributed by atoms with Gasteiger partial charge < -0.3 is 0 Å². The standard InChI is InChI=1S/C28H46O/c1-18(2)20(4)26(29)17-19(3)23-12-13-24-22-11-10-21-9-7-8-15-27(21,5)25(22)14-16-28(23,24)6/h9,18-20,22-25H,7-8,10-17H2,1-6H3/t19-,20+,22+,23-,24+,25+,27+,28-/m1/s1. The lowest BCUT2D eigenvalue weighted by atomic mass is 9.46. The van der Waals surface area contributed by atoms with Crippen molar-refractivity contribution in [1.29, 1.82) is 0 Å². The minimum Gasteiger partial charge on any atom is -0.299 e. The average molecular weight is 399 g/mol. The van der Waals surface area contributed by atoms with E-state index >= 15 is 0 Å². The molecule has 3 fully saturated rings. The van der Waals surface area contributed by atoms with Gasteiger partial charge in [-0.25, -0.2) is 0 Å². The zero-order valence-electron chi connectivity index (χ0n) is 20.1. The van der Waals surface area contributed by atoms with Gasteiger partial charge in [0.05, 0.1) is 0 Å². The molecule has 0 heterocycles. The maximum absolute atomic E-state index is 12.8. The Morgan fingerprint density at radius 3 is 2.52 bits per heavy atom. The van der Waals surface area contributed by atoms with Gasteiger partial charge in [0, 0.05) is 12.3 Å². The number of carbonyl (C=O) groups excluding carboxylic acids is 1. The topological polar surface area (TPSA) is 17.1 Å². The van der Waals surface area contributed by atoms with E-state index in [1.807, 2.05) is 5.57 Å². The molecule has 1 heteroatoms. The van der Waals surface area contributed by atoms with Gasteiger partial charge in [0.15, 0.2) is 0 Å². The zero-order chi connectivity index (χ0) is 21.0. The van der Waals surface area contributed by atoms with Crippen LogP contribution in [0.5, 0.6) is 0 Å². The van der Waals surface area contributed by atoms with Crippen LogP contribution in [0.25, 0.3) is 0 Å². The number of hydrogen-bond donors (Lipinski definition) is 0. The van der Waals surface area contributed by atoms with Crippen molar-refractivity contribution in [3.8, 4) is 0 Å². The zero-order valence-corrected chi connectivity index (χ0v) is 20.1. The normalized spacial score (nSPS) is 43.8.